The predicted octanol–water partition coefficient (Wildman–Crippen LogP) is 15.1. The molecule has 0 heterocycles. The summed E-state index contributed by atoms with van der Waals surface area (Å²) in [6, 6.07) is -1.54. The fourth-order valence-electron chi connectivity index (χ4n) is 7.74. The highest BCUT2D eigenvalue weighted by atomic mass is 31.2. The molecule has 1 amide bonds. The quantitative estimate of drug-likeness (QED) is 0.0199. The number of ether oxygens (including phenoxy) is 1. The number of aliphatic carboxylic acids is 1. The van der Waals surface area contributed by atoms with Gasteiger partial charge in [-0.15, -0.1) is 0 Å². The summed E-state index contributed by atoms with van der Waals surface area (Å²) in [5.74, 6) is -2.36. The molecule has 0 fully saturated rings. The number of carbonyl (C=O) groups excluding carboxylic acids is 2. The Morgan fingerprint density at radius 3 is 1.27 bits per heavy atom. The summed E-state index contributed by atoms with van der Waals surface area (Å²) in [6.45, 7) is 2.61. The number of rotatable bonds is 51. The van der Waals surface area contributed by atoms with Crippen molar-refractivity contribution >= 4 is 25.7 Å². The van der Waals surface area contributed by atoms with E-state index in [1.165, 1.54) is 161 Å². The number of phosphoric ester groups is 1. The van der Waals surface area contributed by atoms with Crippen LogP contribution in [0.4, 0.5) is 0 Å². The molecule has 0 aliphatic heterocycles. The van der Waals surface area contributed by atoms with Crippen molar-refractivity contribution in [2.24, 2.45) is 0 Å². The lowest BCUT2D eigenvalue weighted by molar-refractivity contribution is -0.147. The first-order valence-corrected chi connectivity index (χ1v) is 28.5. The molecule has 0 aromatic heterocycles. The van der Waals surface area contributed by atoms with E-state index in [1.54, 1.807) is 0 Å². The average molecular weight is 954 g/mol. The third-order valence-electron chi connectivity index (χ3n) is 11.9. The van der Waals surface area contributed by atoms with Gasteiger partial charge >= 0.3 is 19.8 Å². The first kappa shape index (κ1) is 63.7. The summed E-state index contributed by atoms with van der Waals surface area (Å²) in [5, 5.41) is 22.0. The normalized spacial score (nSPS) is 13.8. The smallest absolute Gasteiger partial charge is 0.472 e. The number of aliphatic hydroxyl groups is 1. The van der Waals surface area contributed by atoms with Crippen molar-refractivity contribution in [1.29, 1.82) is 0 Å². The van der Waals surface area contributed by atoms with Crippen LogP contribution in [0.1, 0.15) is 258 Å². The summed E-state index contributed by atoms with van der Waals surface area (Å²) >= 11 is 0. The molecular weight excluding hydrogens is 854 g/mol. The Balaban J connectivity index is 3.79. The molecule has 0 bridgehead atoms. The van der Waals surface area contributed by atoms with Crippen LogP contribution in [0.15, 0.2) is 36.5 Å². The number of hydrogen-bond acceptors (Lipinski definition) is 8. The van der Waals surface area contributed by atoms with Gasteiger partial charge in [0.2, 0.25) is 5.91 Å². The highest BCUT2D eigenvalue weighted by Crippen LogP contribution is 2.43. The van der Waals surface area contributed by atoms with Gasteiger partial charge in [-0.25, -0.2) is 9.36 Å². The van der Waals surface area contributed by atoms with Crippen LogP contribution in [-0.4, -0.2) is 64.9 Å². The highest BCUT2D eigenvalue weighted by Gasteiger charge is 2.28. The SMILES string of the molecule is CCCCC/C=C\C/C=C\C/C=C\CCCCCCCCCCCCC(=O)OCC(O)COP(=O)(O)OCC(NC(=O)CCCCCCCCCCCCCCCCCCCCC)C(=O)O. The molecule has 3 atom stereocenters. The fraction of sp³-hybridized carbons (Fsp3) is 0.833. The molecule has 12 heteroatoms. The van der Waals surface area contributed by atoms with Crippen LogP contribution >= 0.6 is 7.82 Å². The summed E-state index contributed by atoms with van der Waals surface area (Å²) in [6.07, 6.45) is 55.9. The first-order chi connectivity index (χ1) is 32.1. The van der Waals surface area contributed by atoms with Crippen LogP contribution < -0.4 is 5.32 Å². The maximum atomic E-state index is 12.4. The zero-order chi connectivity index (χ0) is 48.4. The van der Waals surface area contributed by atoms with Gasteiger partial charge in [0.25, 0.3) is 0 Å². The van der Waals surface area contributed by atoms with Gasteiger partial charge in [-0.2, -0.15) is 0 Å². The highest BCUT2D eigenvalue weighted by molar-refractivity contribution is 7.47. The maximum Gasteiger partial charge on any atom is 0.472 e. The number of esters is 1. The Morgan fingerprint density at radius 1 is 0.485 bits per heavy atom. The molecule has 0 rings (SSSR count). The Labute approximate surface area is 403 Å². The number of carboxylic acids is 1. The second kappa shape index (κ2) is 49.1. The van der Waals surface area contributed by atoms with E-state index in [-0.39, 0.29) is 12.8 Å². The Morgan fingerprint density at radius 2 is 0.833 bits per heavy atom. The van der Waals surface area contributed by atoms with Crippen molar-refractivity contribution in [3.8, 4) is 0 Å². The van der Waals surface area contributed by atoms with Gasteiger partial charge in [-0.3, -0.25) is 18.6 Å². The molecule has 0 saturated heterocycles. The second-order valence-corrected chi connectivity index (χ2v) is 19.9. The molecule has 11 nitrogen and oxygen atoms in total. The van der Waals surface area contributed by atoms with E-state index in [0.29, 0.717) is 12.8 Å². The third-order valence-corrected chi connectivity index (χ3v) is 12.9. The van der Waals surface area contributed by atoms with Gasteiger partial charge in [-0.1, -0.05) is 230 Å². The van der Waals surface area contributed by atoms with E-state index < -0.39 is 57.6 Å². The first-order valence-electron chi connectivity index (χ1n) is 27.0. The van der Waals surface area contributed by atoms with Crippen LogP contribution in [-0.2, 0) is 32.7 Å². The summed E-state index contributed by atoms with van der Waals surface area (Å²) in [7, 11) is -4.76. The Hall–Kier alpha value is -2.30. The fourth-order valence-corrected chi connectivity index (χ4v) is 8.51. The van der Waals surface area contributed by atoms with Crippen molar-refractivity contribution in [1.82, 2.24) is 5.32 Å². The maximum absolute atomic E-state index is 12.4. The molecule has 0 radical (unpaired) electrons. The number of aliphatic hydroxyl groups excluding tert-OH is 1. The molecule has 0 aliphatic rings. The van der Waals surface area contributed by atoms with Gasteiger partial charge in [-0.05, 0) is 51.4 Å². The lowest BCUT2D eigenvalue weighted by Crippen LogP contribution is -2.43. The van der Waals surface area contributed by atoms with Gasteiger partial charge in [0, 0.05) is 12.8 Å². The number of allylic oxidation sites excluding steroid dienone is 6. The summed E-state index contributed by atoms with van der Waals surface area (Å²) < 4.78 is 27.0. The minimum atomic E-state index is -4.76. The Bertz CT molecular complexity index is 1260. The minimum Gasteiger partial charge on any atom is -0.480 e. The molecule has 4 N–H and O–H groups in total. The largest absolute Gasteiger partial charge is 0.480 e. The second-order valence-electron chi connectivity index (χ2n) is 18.4. The van der Waals surface area contributed by atoms with Gasteiger partial charge in [0.05, 0.1) is 13.2 Å². The minimum absolute atomic E-state index is 0.150. The molecule has 386 valence electrons. The molecule has 3 unspecified atom stereocenters. The molecule has 0 saturated carbocycles. The number of amides is 1. The topological polar surface area (TPSA) is 169 Å². The lowest BCUT2D eigenvalue weighted by atomic mass is 10.0. The van der Waals surface area contributed by atoms with E-state index in [9.17, 15) is 34.1 Å². The number of nitrogens with one attached hydrogen (secondary N) is 1. The van der Waals surface area contributed by atoms with E-state index in [4.69, 9.17) is 13.8 Å². The van der Waals surface area contributed by atoms with Crippen molar-refractivity contribution in [2.75, 3.05) is 19.8 Å². The third kappa shape index (κ3) is 48.2. The zero-order valence-electron chi connectivity index (χ0n) is 42.3. The number of phosphoric acid groups is 1. The van der Waals surface area contributed by atoms with E-state index in [2.05, 4.69) is 55.6 Å². The van der Waals surface area contributed by atoms with E-state index in [0.717, 1.165) is 57.8 Å². The molecule has 66 heavy (non-hydrogen) atoms. The van der Waals surface area contributed by atoms with Crippen molar-refractivity contribution < 1.29 is 47.8 Å². The number of carbonyl (C=O) groups is 3. The molecule has 0 aromatic rings. The summed E-state index contributed by atoms with van der Waals surface area (Å²) in [5.41, 5.74) is 0. The van der Waals surface area contributed by atoms with Crippen LogP contribution in [0, 0.1) is 0 Å². The molecule has 0 aromatic carbocycles. The van der Waals surface area contributed by atoms with Gasteiger partial charge in [0.1, 0.15) is 12.7 Å². The van der Waals surface area contributed by atoms with Crippen LogP contribution in [0.5, 0.6) is 0 Å². The molecule has 0 aliphatic carbocycles. The van der Waals surface area contributed by atoms with Crippen molar-refractivity contribution in [3.05, 3.63) is 36.5 Å². The number of hydrogen-bond donors (Lipinski definition) is 4. The Kier molecular flexibility index (Phi) is 47.4. The van der Waals surface area contributed by atoms with E-state index in [1.807, 2.05) is 0 Å². The summed E-state index contributed by atoms with van der Waals surface area (Å²) in [4.78, 5) is 46.2. The lowest BCUT2D eigenvalue weighted by Gasteiger charge is -2.18. The monoisotopic (exact) mass is 954 g/mol. The van der Waals surface area contributed by atoms with E-state index >= 15 is 0 Å². The number of unbranched alkanes of at least 4 members (excludes halogenated alkanes) is 31. The zero-order valence-corrected chi connectivity index (χ0v) is 43.2. The van der Waals surface area contributed by atoms with Gasteiger partial charge in [0.15, 0.2) is 6.04 Å². The number of carboxylic acid groups (broad SMARTS) is 1. The standard InChI is InChI=1S/C54H100NO10P/c1-3-5-7-9-11-13-15-17-19-21-23-24-25-26-28-30-32-34-36-38-40-42-44-46-53(58)63-47-50(56)48-64-66(61,62)65-49-51(54(59)60)55-52(57)45-43-41-39-37-35-33-31-29-27-22-20-18-16-14-12-10-8-6-4-2/h11,13,17,19,23-24,50-51,56H,3-10,12,14-16,18,20-22,25-49H2,1-2H3,(H,55,57)(H,59,60)(H,61,62)/b13-11-,19-17-,24-23-. The van der Waals surface area contributed by atoms with Gasteiger partial charge < -0.3 is 25.2 Å². The average Bonchev–Trinajstić information content (AvgIpc) is 3.29. The van der Waals surface area contributed by atoms with Crippen LogP contribution in [0.2, 0.25) is 0 Å². The van der Waals surface area contributed by atoms with Crippen LogP contribution in [0.3, 0.4) is 0 Å². The van der Waals surface area contributed by atoms with Crippen molar-refractivity contribution in [3.63, 3.8) is 0 Å². The molecular formula is C54H100NO10P. The van der Waals surface area contributed by atoms with Crippen molar-refractivity contribution in [2.45, 2.75) is 270 Å². The molecule has 0 spiro atoms. The predicted molar refractivity (Wildman–Crippen MR) is 272 cm³/mol. The van der Waals surface area contributed by atoms with Crippen LogP contribution in [0.25, 0.3) is 0 Å².